The molecule has 43 heavy (non-hydrogen) atoms. The Kier molecular flexibility index (Phi) is 13.1. The summed E-state index contributed by atoms with van der Waals surface area (Å²) in [5, 5.41) is 0. The number of ether oxygens (including phenoxy) is 3. The van der Waals surface area contributed by atoms with Crippen LogP contribution in [0.5, 0.6) is 11.5 Å². The van der Waals surface area contributed by atoms with Crippen molar-refractivity contribution in [2.75, 3.05) is 6.61 Å². The summed E-state index contributed by atoms with van der Waals surface area (Å²) in [7, 11) is 0. The van der Waals surface area contributed by atoms with Crippen LogP contribution in [0.15, 0.2) is 66.7 Å². The number of alkyl halides is 3. The Morgan fingerprint density at radius 3 is 1.91 bits per heavy atom. The lowest BCUT2D eigenvalue weighted by molar-refractivity contribution is -0.206. The van der Waals surface area contributed by atoms with Crippen LogP contribution >= 0.6 is 0 Å². The van der Waals surface area contributed by atoms with Crippen molar-refractivity contribution in [3.63, 3.8) is 0 Å². The van der Waals surface area contributed by atoms with E-state index in [0.717, 1.165) is 23.3 Å². The van der Waals surface area contributed by atoms with Gasteiger partial charge in [-0.15, -0.1) is 0 Å². The standard InChI is InChI=1S/C35H41F3O5/c1-4-6-8-9-10-11-23-41-30-20-17-27(18-21-30)26-13-15-28(16-14-26)33(39)42-31-22-19-29(24-25(31)3)34(40)43-32(12-7-5-2)35(36,37)38/h13-22,24,32H,4-12,23H2,1-3H3/t32-/m0/s1. The fraction of sp³-hybridized carbons (Fsp3) is 0.429. The molecule has 1 atom stereocenters. The number of aryl methyl sites for hydroxylation is 1. The first kappa shape index (κ1) is 33.7. The van der Waals surface area contributed by atoms with E-state index in [1.807, 2.05) is 36.4 Å². The van der Waals surface area contributed by atoms with Crippen LogP contribution in [0.1, 0.15) is 97.9 Å². The predicted molar refractivity (Wildman–Crippen MR) is 162 cm³/mol. The highest BCUT2D eigenvalue weighted by Crippen LogP contribution is 2.29. The number of esters is 2. The monoisotopic (exact) mass is 598 g/mol. The summed E-state index contributed by atoms with van der Waals surface area (Å²) in [6, 6.07) is 18.8. The molecule has 0 radical (unpaired) electrons. The maximum absolute atomic E-state index is 13.3. The van der Waals surface area contributed by atoms with Crippen molar-refractivity contribution in [3.8, 4) is 22.6 Å². The van der Waals surface area contributed by atoms with E-state index in [1.54, 1.807) is 26.0 Å². The van der Waals surface area contributed by atoms with Crippen molar-refractivity contribution in [1.82, 2.24) is 0 Å². The zero-order valence-electron chi connectivity index (χ0n) is 25.2. The lowest BCUT2D eigenvalue weighted by Crippen LogP contribution is -2.33. The highest BCUT2D eigenvalue weighted by Gasteiger charge is 2.42. The summed E-state index contributed by atoms with van der Waals surface area (Å²) < 4.78 is 55.9. The summed E-state index contributed by atoms with van der Waals surface area (Å²) in [6.07, 6.45) is 1.01. The van der Waals surface area contributed by atoms with Gasteiger partial charge in [-0.1, -0.05) is 76.6 Å². The SMILES string of the molecule is CCCCCCCCOc1ccc(-c2ccc(C(=O)Oc3ccc(C(=O)O[C@@H](CCCC)C(F)(F)F)cc3C)cc2)cc1. The molecule has 0 aromatic heterocycles. The van der Waals surface area contributed by atoms with E-state index >= 15 is 0 Å². The predicted octanol–water partition coefficient (Wildman–Crippen LogP) is 9.90. The number of carbonyl (C=O) groups is 2. The van der Waals surface area contributed by atoms with E-state index in [1.165, 1.54) is 50.3 Å². The van der Waals surface area contributed by atoms with Crippen LogP contribution in [0.25, 0.3) is 11.1 Å². The summed E-state index contributed by atoms with van der Waals surface area (Å²) in [5.74, 6) is -0.656. The molecule has 0 heterocycles. The van der Waals surface area contributed by atoms with Gasteiger partial charge in [0.15, 0.2) is 6.10 Å². The van der Waals surface area contributed by atoms with Gasteiger partial charge in [-0.2, -0.15) is 13.2 Å². The second-order valence-corrected chi connectivity index (χ2v) is 10.7. The number of hydrogen-bond acceptors (Lipinski definition) is 5. The normalized spacial score (nSPS) is 12.0. The third-order valence-corrected chi connectivity index (χ3v) is 7.12. The van der Waals surface area contributed by atoms with Crippen LogP contribution in [-0.4, -0.2) is 30.8 Å². The van der Waals surface area contributed by atoms with E-state index in [0.29, 0.717) is 24.2 Å². The average molecular weight is 599 g/mol. The Hall–Kier alpha value is -3.81. The van der Waals surface area contributed by atoms with Gasteiger partial charge in [0.25, 0.3) is 0 Å². The Morgan fingerprint density at radius 1 is 0.721 bits per heavy atom. The summed E-state index contributed by atoms with van der Waals surface area (Å²) in [4.78, 5) is 25.2. The van der Waals surface area contributed by atoms with Gasteiger partial charge in [-0.25, -0.2) is 9.59 Å². The van der Waals surface area contributed by atoms with Gasteiger partial charge in [-0.3, -0.25) is 0 Å². The molecule has 0 aliphatic rings. The largest absolute Gasteiger partial charge is 0.494 e. The zero-order chi connectivity index (χ0) is 31.2. The number of benzene rings is 3. The van der Waals surface area contributed by atoms with Crippen molar-refractivity contribution in [2.45, 2.75) is 90.8 Å². The fourth-order valence-electron chi connectivity index (χ4n) is 4.54. The van der Waals surface area contributed by atoms with Crippen molar-refractivity contribution >= 4 is 11.9 Å². The second-order valence-electron chi connectivity index (χ2n) is 10.7. The van der Waals surface area contributed by atoms with E-state index < -0.39 is 24.2 Å². The maximum Gasteiger partial charge on any atom is 0.425 e. The van der Waals surface area contributed by atoms with Gasteiger partial charge in [0.1, 0.15) is 11.5 Å². The third-order valence-electron chi connectivity index (χ3n) is 7.12. The number of hydrogen-bond donors (Lipinski definition) is 0. The van der Waals surface area contributed by atoms with Crippen molar-refractivity contribution in [2.24, 2.45) is 0 Å². The third kappa shape index (κ3) is 10.8. The smallest absolute Gasteiger partial charge is 0.425 e. The Labute approximate surface area is 252 Å². The molecule has 0 N–H and O–H groups in total. The Morgan fingerprint density at radius 2 is 1.30 bits per heavy atom. The minimum absolute atomic E-state index is 0.0498. The Bertz CT molecular complexity index is 1300. The minimum Gasteiger partial charge on any atom is -0.494 e. The van der Waals surface area contributed by atoms with Crippen LogP contribution in [-0.2, 0) is 4.74 Å². The topological polar surface area (TPSA) is 61.8 Å². The van der Waals surface area contributed by atoms with Crippen molar-refractivity contribution in [3.05, 3.63) is 83.4 Å². The summed E-state index contributed by atoms with van der Waals surface area (Å²) in [5.41, 5.74) is 2.60. The molecule has 0 amide bonds. The van der Waals surface area contributed by atoms with Gasteiger partial charge in [-0.05, 0) is 85.3 Å². The summed E-state index contributed by atoms with van der Waals surface area (Å²) in [6.45, 7) is 6.27. The maximum atomic E-state index is 13.3. The highest BCUT2D eigenvalue weighted by molar-refractivity contribution is 5.93. The first-order chi connectivity index (χ1) is 20.6. The number of halogens is 3. The molecule has 5 nitrogen and oxygen atoms in total. The van der Waals surface area contributed by atoms with Crippen LogP contribution < -0.4 is 9.47 Å². The van der Waals surface area contributed by atoms with Crippen molar-refractivity contribution < 1.29 is 37.0 Å². The van der Waals surface area contributed by atoms with Gasteiger partial charge in [0, 0.05) is 0 Å². The van der Waals surface area contributed by atoms with Crippen LogP contribution in [0.2, 0.25) is 0 Å². The summed E-state index contributed by atoms with van der Waals surface area (Å²) >= 11 is 0. The van der Waals surface area contributed by atoms with Crippen LogP contribution in [0.3, 0.4) is 0 Å². The quantitative estimate of drug-likeness (QED) is 0.0933. The average Bonchev–Trinajstić information content (AvgIpc) is 2.99. The second kappa shape index (κ2) is 16.7. The number of unbranched alkanes of at least 4 members (excludes halogenated alkanes) is 6. The minimum atomic E-state index is -4.64. The van der Waals surface area contributed by atoms with Crippen molar-refractivity contribution in [1.29, 1.82) is 0 Å². The van der Waals surface area contributed by atoms with Gasteiger partial charge < -0.3 is 14.2 Å². The number of rotatable bonds is 16. The lowest BCUT2D eigenvalue weighted by Gasteiger charge is -2.20. The molecule has 3 rings (SSSR count). The molecule has 0 aliphatic heterocycles. The first-order valence-corrected chi connectivity index (χ1v) is 15.1. The van der Waals surface area contributed by atoms with Crippen LogP contribution in [0.4, 0.5) is 13.2 Å². The first-order valence-electron chi connectivity index (χ1n) is 15.1. The molecule has 3 aromatic carbocycles. The van der Waals surface area contributed by atoms with E-state index in [4.69, 9.17) is 14.2 Å². The molecule has 0 aliphatic carbocycles. The lowest BCUT2D eigenvalue weighted by atomic mass is 10.0. The van der Waals surface area contributed by atoms with E-state index in [9.17, 15) is 22.8 Å². The molecule has 0 saturated heterocycles. The number of carbonyl (C=O) groups excluding carboxylic acids is 2. The van der Waals surface area contributed by atoms with E-state index in [-0.39, 0.29) is 24.2 Å². The van der Waals surface area contributed by atoms with Gasteiger partial charge in [0.2, 0.25) is 0 Å². The fourth-order valence-corrected chi connectivity index (χ4v) is 4.54. The molecule has 0 unspecified atom stereocenters. The molecule has 3 aromatic rings. The van der Waals surface area contributed by atoms with Gasteiger partial charge in [0.05, 0.1) is 17.7 Å². The molecule has 8 heteroatoms. The molecule has 0 bridgehead atoms. The molecule has 0 fully saturated rings. The Balaban J connectivity index is 1.54. The van der Waals surface area contributed by atoms with Crippen LogP contribution in [0, 0.1) is 6.92 Å². The molecule has 0 saturated carbocycles. The van der Waals surface area contributed by atoms with Gasteiger partial charge >= 0.3 is 18.1 Å². The molecular formula is C35H41F3O5. The van der Waals surface area contributed by atoms with E-state index in [2.05, 4.69) is 6.92 Å². The zero-order valence-corrected chi connectivity index (χ0v) is 25.2. The molecule has 0 spiro atoms. The molecule has 232 valence electrons. The highest BCUT2D eigenvalue weighted by atomic mass is 19.4. The molecular weight excluding hydrogens is 557 g/mol.